The van der Waals surface area contributed by atoms with Gasteiger partial charge < -0.3 is 4.74 Å². The summed E-state index contributed by atoms with van der Waals surface area (Å²) >= 11 is 0. The third-order valence-electron chi connectivity index (χ3n) is 2.59. The maximum atomic E-state index is 13.4. The molecule has 0 aliphatic heterocycles. The van der Waals surface area contributed by atoms with Crippen molar-refractivity contribution in [3.05, 3.63) is 35.4 Å². The van der Waals surface area contributed by atoms with Gasteiger partial charge in [0.05, 0.1) is 6.42 Å². The number of benzene rings is 1. The van der Waals surface area contributed by atoms with E-state index < -0.39 is 11.5 Å². The summed E-state index contributed by atoms with van der Waals surface area (Å²) in [6, 6.07) is 5.82. The van der Waals surface area contributed by atoms with Crippen LogP contribution in [-0.2, 0) is 21.9 Å². The molecule has 19 heavy (non-hydrogen) atoms. The SMILES string of the molecule is CCC(F)(F)c1ccc(CC(=O)OC(C)(C)C)cc1. The highest BCUT2D eigenvalue weighted by Crippen LogP contribution is 2.31. The van der Waals surface area contributed by atoms with Gasteiger partial charge in [0.1, 0.15) is 5.60 Å². The minimum atomic E-state index is -2.82. The summed E-state index contributed by atoms with van der Waals surface area (Å²) in [7, 11) is 0. The van der Waals surface area contributed by atoms with E-state index in [2.05, 4.69) is 0 Å². The number of carbonyl (C=O) groups excluding carboxylic acids is 1. The zero-order valence-electron chi connectivity index (χ0n) is 11.8. The number of carbonyl (C=O) groups is 1. The van der Waals surface area contributed by atoms with Crippen LogP contribution >= 0.6 is 0 Å². The molecule has 0 radical (unpaired) electrons. The number of alkyl halides is 2. The van der Waals surface area contributed by atoms with Gasteiger partial charge in [0, 0.05) is 12.0 Å². The Labute approximate surface area is 112 Å². The first-order chi connectivity index (χ1) is 8.64. The first-order valence-corrected chi connectivity index (χ1v) is 6.33. The van der Waals surface area contributed by atoms with Crippen molar-refractivity contribution in [3.63, 3.8) is 0 Å². The van der Waals surface area contributed by atoms with Gasteiger partial charge in [0.2, 0.25) is 0 Å². The van der Waals surface area contributed by atoms with E-state index in [-0.39, 0.29) is 24.4 Å². The van der Waals surface area contributed by atoms with E-state index in [4.69, 9.17) is 4.74 Å². The second-order valence-corrected chi connectivity index (χ2v) is 5.52. The lowest BCUT2D eigenvalue weighted by atomic mass is 10.0. The van der Waals surface area contributed by atoms with Gasteiger partial charge in [0.15, 0.2) is 0 Å². The smallest absolute Gasteiger partial charge is 0.310 e. The average Bonchev–Trinajstić information content (AvgIpc) is 2.27. The fourth-order valence-electron chi connectivity index (χ4n) is 1.61. The Morgan fingerprint density at radius 2 is 1.68 bits per heavy atom. The molecule has 0 unspecified atom stereocenters. The Kier molecular flexibility index (Phi) is 4.66. The fourth-order valence-corrected chi connectivity index (χ4v) is 1.61. The van der Waals surface area contributed by atoms with Crippen molar-refractivity contribution in [2.45, 2.75) is 52.1 Å². The molecule has 0 bridgehead atoms. The van der Waals surface area contributed by atoms with Crippen molar-refractivity contribution in [2.24, 2.45) is 0 Å². The van der Waals surface area contributed by atoms with Gasteiger partial charge in [-0.3, -0.25) is 4.79 Å². The summed E-state index contributed by atoms with van der Waals surface area (Å²) in [6.45, 7) is 6.80. The summed E-state index contributed by atoms with van der Waals surface area (Å²) < 4.78 is 32.0. The predicted molar refractivity (Wildman–Crippen MR) is 70.2 cm³/mol. The molecular weight excluding hydrogens is 250 g/mol. The molecule has 0 fully saturated rings. The number of rotatable bonds is 4. The van der Waals surface area contributed by atoms with E-state index in [1.54, 1.807) is 32.9 Å². The lowest BCUT2D eigenvalue weighted by Gasteiger charge is -2.19. The second kappa shape index (κ2) is 5.68. The molecule has 0 aliphatic carbocycles. The number of hydrogen-bond donors (Lipinski definition) is 0. The summed E-state index contributed by atoms with van der Waals surface area (Å²) in [6.07, 6.45) is -0.145. The average molecular weight is 270 g/mol. The molecular formula is C15H20F2O2. The lowest BCUT2D eigenvalue weighted by molar-refractivity contribution is -0.153. The maximum Gasteiger partial charge on any atom is 0.310 e. The molecule has 1 rings (SSSR count). The molecule has 2 nitrogen and oxygen atoms in total. The van der Waals surface area contributed by atoms with Gasteiger partial charge in [-0.05, 0) is 26.3 Å². The minimum Gasteiger partial charge on any atom is -0.460 e. The largest absolute Gasteiger partial charge is 0.460 e. The standard InChI is InChI=1S/C15H20F2O2/c1-5-15(16,17)12-8-6-11(7-9-12)10-13(18)19-14(2,3)4/h6-9H,5,10H2,1-4H3. The summed E-state index contributed by atoms with van der Waals surface area (Å²) in [5.74, 6) is -3.17. The number of halogens is 2. The van der Waals surface area contributed by atoms with Gasteiger partial charge in [0.25, 0.3) is 5.92 Å². The molecule has 0 spiro atoms. The molecule has 0 saturated carbocycles. The Morgan fingerprint density at radius 3 is 2.11 bits per heavy atom. The van der Waals surface area contributed by atoms with Crippen LogP contribution in [0.2, 0.25) is 0 Å². The molecule has 4 heteroatoms. The molecule has 0 atom stereocenters. The van der Waals surface area contributed by atoms with Crippen molar-refractivity contribution in [2.75, 3.05) is 0 Å². The Morgan fingerprint density at radius 1 is 1.16 bits per heavy atom. The van der Waals surface area contributed by atoms with Crippen LogP contribution < -0.4 is 0 Å². The highest BCUT2D eigenvalue weighted by atomic mass is 19.3. The van der Waals surface area contributed by atoms with Crippen LogP contribution in [0, 0.1) is 0 Å². The molecule has 106 valence electrons. The Bertz CT molecular complexity index is 430. The van der Waals surface area contributed by atoms with Gasteiger partial charge in [-0.25, -0.2) is 8.78 Å². The van der Waals surface area contributed by atoms with E-state index >= 15 is 0 Å². The van der Waals surface area contributed by atoms with E-state index in [9.17, 15) is 13.6 Å². The molecule has 1 aromatic rings. The summed E-state index contributed by atoms with van der Waals surface area (Å²) in [5, 5.41) is 0. The number of hydrogen-bond acceptors (Lipinski definition) is 2. The van der Waals surface area contributed by atoms with Gasteiger partial charge in [-0.1, -0.05) is 31.2 Å². The van der Waals surface area contributed by atoms with Crippen molar-refractivity contribution in [1.29, 1.82) is 0 Å². The topological polar surface area (TPSA) is 26.3 Å². The van der Waals surface area contributed by atoms with Crippen LogP contribution in [0.1, 0.15) is 45.2 Å². The van der Waals surface area contributed by atoms with Crippen molar-refractivity contribution < 1.29 is 18.3 Å². The highest BCUT2D eigenvalue weighted by molar-refractivity contribution is 5.73. The maximum absolute atomic E-state index is 13.4. The van der Waals surface area contributed by atoms with Crippen LogP contribution in [-0.4, -0.2) is 11.6 Å². The number of ether oxygens (including phenoxy) is 1. The third-order valence-corrected chi connectivity index (χ3v) is 2.59. The van der Waals surface area contributed by atoms with E-state index in [1.165, 1.54) is 19.1 Å². The Balaban J connectivity index is 2.70. The van der Waals surface area contributed by atoms with Crippen molar-refractivity contribution in [1.82, 2.24) is 0 Å². The van der Waals surface area contributed by atoms with E-state index in [0.717, 1.165) is 0 Å². The van der Waals surface area contributed by atoms with Crippen LogP contribution in [0.15, 0.2) is 24.3 Å². The normalized spacial score (nSPS) is 12.3. The van der Waals surface area contributed by atoms with Gasteiger partial charge in [-0.15, -0.1) is 0 Å². The molecule has 0 aromatic heterocycles. The summed E-state index contributed by atoms with van der Waals surface area (Å²) in [5.41, 5.74) is 0.111. The van der Waals surface area contributed by atoms with Crippen LogP contribution in [0.4, 0.5) is 8.78 Å². The minimum absolute atomic E-state index is 0.0251. The van der Waals surface area contributed by atoms with Crippen LogP contribution in [0.3, 0.4) is 0 Å². The molecule has 0 aliphatic rings. The van der Waals surface area contributed by atoms with Crippen LogP contribution in [0.25, 0.3) is 0 Å². The van der Waals surface area contributed by atoms with Gasteiger partial charge >= 0.3 is 5.97 Å². The lowest BCUT2D eigenvalue weighted by Crippen LogP contribution is -2.24. The molecule has 1 aromatic carbocycles. The Hall–Kier alpha value is -1.45. The molecule has 0 saturated heterocycles. The quantitative estimate of drug-likeness (QED) is 0.771. The van der Waals surface area contributed by atoms with Crippen LogP contribution in [0.5, 0.6) is 0 Å². The van der Waals surface area contributed by atoms with E-state index in [1.807, 2.05) is 0 Å². The second-order valence-electron chi connectivity index (χ2n) is 5.52. The molecule has 0 heterocycles. The van der Waals surface area contributed by atoms with Crippen molar-refractivity contribution in [3.8, 4) is 0 Å². The fraction of sp³-hybridized carbons (Fsp3) is 0.533. The molecule has 0 N–H and O–H groups in total. The van der Waals surface area contributed by atoms with E-state index in [0.29, 0.717) is 5.56 Å². The highest BCUT2D eigenvalue weighted by Gasteiger charge is 2.28. The third kappa shape index (κ3) is 4.97. The zero-order valence-corrected chi connectivity index (χ0v) is 11.8. The van der Waals surface area contributed by atoms with Crippen molar-refractivity contribution >= 4 is 5.97 Å². The zero-order chi connectivity index (χ0) is 14.7. The predicted octanol–water partition coefficient (Wildman–Crippen LogP) is 4.07. The number of esters is 1. The first kappa shape index (κ1) is 15.6. The summed E-state index contributed by atoms with van der Waals surface area (Å²) in [4.78, 5) is 11.6. The monoisotopic (exact) mass is 270 g/mol. The first-order valence-electron chi connectivity index (χ1n) is 6.33. The molecule has 0 amide bonds. The van der Waals surface area contributed by atoms with Gasteiger partial charge in [-0.2, -0.15) is 0 Å².